The van der Waals surface area contributed by atoms with Crippen molar-refractivity contribution < 1.29 is 9.59 Å². The summed E-state index contributed by atoms with van der Waals surface area (Å²) in [6, 6.07) is 18.7. The normalized spacial score (nSPS) is 11.0. The fourth-order valence-electron chi connectivity index (χ4n) is 2.73. The third-order valence-corrected chi connectivity index (χ3v) is 4.45. The van der Waals surface area contributed by atoms with Gasteiger partial charge in [0.05, 0.1) is 6.54 Å². The molecule has 0 saturated heterocycles. The third-order valence-electron chi connectivity index (χ3n) is 4.45. The molecule has 3 aromatic rings. The number of aliphatic imine (C=N–C) groups is 1. The van der Waals surface area contributed by atoms with E-state index in [1.165, 1.54) is 6.92 Å². The number of guanidine groups is 1. The zero-order valence-electron chi connectivity index (χ0n) is 17.6. The van der Waals surface area contributed by atoms with Crippen LogP contribution in [0.5, 0.6) is 0 Å². The van der Waals surface area contributed by atoms with E-state index in [9.17, 15) is 9.59 Å². The maximum absolute atomic E-state index is 12.8. The van der Waals surface area contributed by atoms with Gasteiger partial charge >= 0.3 is 0 Å². The smallest absolute Gasteiger partial charge is 0.257 e. The van der Waals surface area contributed by atoms with Crippen molar-refractivity contribution in [2.24, 2.45) is 4.99 Å². The molecular formula is C24H25N5O2. The number of aromatic nitrogens is 1. The third kappa shape index (κ3) is 7.08. The minimum Gasteiger partial charge on any atom is -0.352 e. The van der Waals surface area contributed by atoms with Gasteiger partial charge < -0.3 is 10.6 Å². The number of amides is 2. The Kier molecular flexibility index (Phi) is 7.48. The van der Waals surface area contributed by atoms with Crippen molar-refractivity contribution in [2.45, 2.75) is 26.9 Å². The van der Waals surface area contributed by atoms with E-state index in [1.807, 2.05) is 55.5 Å². The van der Waals surface area contributed by atoms with Crippen LogP contribution in [-0.2, 0) is 17.9 Å². The van der Waals surface area contributed by atoms with E-state index in [-0.39, 0.29) is 11.8 Å². The topological polar surface area (TPSA) is 95.5 Å². The van der Waals surface area contributed by atoms with E-state index in [4.69, 9.17) is 0 Å². The molecule has 0 radical (unpaired) electrons. The number of anilines is 1. The number of rotatable bonds is 6. The second kappa shape index (κ2) is 10.7. The Morgan fingerprint density at radius 2 is 1.71 bits per heavy atom. The Hall–Kier alpha value is -4.00. The fourth-order valence-corrected chi connectivity index (χ4v) is 2.73. The molecule has 3 rings (SSSR count). The van der Waals surface area contributed by atoms with Crippen molar-refractivity contribution >= 4 is 23.5 Å². The molecule has 0 fully saturated rings. The molecule has 0 spiro atoms. The summed E-state index contributed by atoms with van der Waals surface area (Å²) in [5.41, 5.74) is 4.30. The summed E-state index contributed by atoms with van der Waals surface area (Å²) in [5.74, 6) is -0.0332. The summed E-state index contributed by atoms with van der Waals surface area (Å²) in [6.07, 6.45) is 3.44. The Balaban J connectivity index is 1.72. The van der Waals surface area contributed by atoms with E-state index >= 15 is 0 Å². The van der Waals surface area contributed by atoms with Crippen LogP contribution in [0.3, 0.4) is 0 Å². The van der Waals surface area contributed by atoms with E-state index in [2.05, 4.69) is 25.9 Å². The minimum absolute atomic E-state index is 0.0986. The molecule has 31 heavy (non-hydrogen) atoms. The molecule has 7 heteroatoms. The number of hydrogen-bond donors (Lipinski definition) is 3. The van der Waals surface area contributed by atoms with E-state index in [0.29, 0.717) is 24.6 Å². The number of carbonyl (C=O) groups is 2. The predicted molar refractivity (Wildman–Crippen MR) is 122 cm³/mol. The van der Waals surface area contributed by atoms with Gasteiger partial charge in [-0.25, -0.2) is 4.99 Å². The van der Waals surface area contributed by atoms with Crippen LogP contribution in [0.25, 0.3) is 0 Å². The molecule has 1 heterocycles. The van der Waals surface area contributed by atoms with Crippen LogP contribution in [-0.4, -0.2) is 22.8 Å². The van der Waals surface area contributed by atoms with Gasteiger partial charge in [-0.2, -0.15) is 0 Å². The highest BCUT2D eigenvalue weighted by atomic mass is 16.2. The Morgan fingerprint density at radius 1 is 0.968 bits per heavy atom. The van der Waals surface area contributed by atoms with Crippen molar-refractivity contribution in [3.8, 4) is 0 Å². The van der Waals surface area contributed by atoms with Crippen molar-refractivity contribution in [1.29, 1.82) is 0 Å². The zero-order valence-corrected chi connectivity index (χ0v) is 17.6. The highest BCUT2D eigenvalue weighted by molar-refractivity contribution is 6.09. The number of hydrogen-bond acceptors (Lipinski definition) is 4. The molecule has 2 amide bonds. The first-order valence-corrected chi connectivity index (χ1v) is 9.91. The lowest BCUT2D eigenvalue weighted by Gasteiger charge is -2.12. The Labute approximate surface area is 181 Å². The maximum Gasteiger partial charge on any atom is 0.257 e. The molecule has 1 aromatic heterocycles. The van der Waals surface area contributed by atoms with Gasteiger partial charge in [-0.15, -0.1) is 0 Å². The number of pyridine rings is 1. The highest BCUT2D eigenvalue weighted by Crippen LogP contribution is 2.10. The molecule has 0 aliphatic rings. The van der Waals surface area contributed by atoms with E-state index in [1.54, 1.807) is 24.5 Å². The van der Waals surface area contributed by atoms with E-state index in [0.717, 1.165) is 22.4 Å². The molecule has 0 aliphatic heterocycles. The van der Waals surface area contributed by atoms with Crippen molar-refractivity contribution in [3.05, 3.63) is 95.3 Å². The second-order valence-electron chi connectivity index (χ2n) is 7.08. The largest absolute Gasteiger partial charge is 0.352 e. The Bertz CT molecular complexity index is 1050. The number of nitrogens with zero attached hydrogens (tertiary/aromatic N) is 2. The van der Waals surface area contributed by atoms with Crippen LogP contribution in [0.15, 0.2) is 78.0 Å². The molecular weight excluding hydrogens is 390 g/mol. The van der Waals surface area contributed by atoms with E-state index < -0.39 is 0 Å². The van der Waals surface area contributed by atoms with Gasteiger partial charge in [-0.1, -0.05) is 35.9 Å². The van der Waals surface area contributed by atoms with Gasteiger partial charge in [-0.3, -0.25) is 19.9 Å². The van der Waals surface area contributed by atoms with Gasteiger partial charge in [0.2, 0.25) is 11.9 Å². The average Bonchev–Trinajstić information content (AvgIpc) is 2.78. The highest BCUT2D eigenvalue weighted by Gasteiger charge is 2.10. The second-order valence-corrected chi connectivity index (χ2v) is 7.08. The van der Waals surface area contributed by atoms with Gasteiger partial charge in [0.25, 0.3) is 5.91 Å². The molecule has 2 aromatic carbocycles. The lowest BCUT2D eigenvalue weighted by molar-refractivity contribution is -0.119. The van der Waals surface area contributed by atoms with Crippen LogP contribution in [0.1, 0.15) is 34.0 Å². The van der Waals surface area contributed by atoms with Crippen LogP contribution in [0.2, 0.25) is 0 Å². The SMILES string of the molecule is CC(=O)NCc1ccc(C(=O)NC(=NCc2cccnc2)Nc2ccc(C)cc2)cc1. The van der Waals surface area contributed by atoms with Gasteiger partial charge in [0, 0.05) is 37.1 Å². The summed E-state index contributed by atoms with van der Waals surface area (Å²) in [5, 5.41) is 8.75. The first-order chi connectivity index (χ1) is 15.0. The van der Waals surface area contributed by atoms with Crippen molar-refractivity contribution in [2.75, 3.05) is 5.32 Å². The molecule has 0 atom stereocenters. The van der Waals surface area contributed by atoms with Crippen LogP contribution in [0, 0.1) is 6.92 Å². The summed E-state index contributed by atoms with van der Waals surface area (Å²) in [7, 11) is 0. The average molecular weight is 415 g/mol. The van der Waals surface area contributed by atoms with Gasteiger partial charge in [0.15, 0.2) is 0 Å². The molecule has 158 valence electrons. The van der Waals surface area contributed by atoms with Crippen molar-refractivity contribution in [3.63, 3.8) is 0 Å². The summed E-state index contributed by atoms with van der Waals surface area (Å²) >= 11 is 0. The standard InChI is InChI=1S/C24H25N5O2/c1-17-5-11-22(12-6-17)28-24(27-16-20-4-3-13-25-14-20)29-23(31)21-9-7-19(8-10-21)15-26-18(2)30/h3-14H,15-16H2,1-2H3,(H,26,30)(H2,27,28,29,31). The Morgan fingerprint density at radius 3 is 2.35 bits per heavy atom. The van der Waals surface area contributed by atoms with Gasteiger partial charge in [-0.05, 0) is 48.4 Å². The predicted octanol–water partition coefficient (Wildman–Crippen LogP) is 3.42. The monoisotopic (exact) mass is 415 g/mol. The quantitative estimate of drug-likeness (QED) is 0.425. The number of benzene rings is 2. The number of carbonyl (C=O) groups excluding carboxylic acids is 2. The lowest BCUT2D eigenvalue weighted by Crippen LogP contribution is -2.36. The lowest BCUT2D eigenvalue weighted by atomic mass is 10.1. The van der Waals surface area contributed by atoms with Crippen molar-refractivity contribution in [1.82, 2.24) is 15.6 Å². The summed E-state index contributed by atoms with van der Waals surface area (Å²) in [6.45, 7) is 4.27. The summed E-state index contributed by atoms with van der Waals surface area (Å²) in [4.78, 5) is 32.4. The minimum atomic E-state index is -0.282. The van der Waals surface area contributed by atoms with Crippen LogP contribution in [0.4, 0.5) is 5.69 Å². The first kappa shape index (κ1) is 21.7. The molecule has 0 unspecified atom stereocenters. The van der Waals surface area contributed by atoms with Crippen LogP contribution >= 0.6 is 0 Å². The zero-order chi connectivity index (χ0) is 22.1. The molecule has 0 bridgehead atoms. The number of nitrogens with one attached hydrogen (secondary N) is 3. The molecule has 7 nitrogen and oxygen atoms in total. The maximum atomic E-state index is 12.8. The molecule has 0 saturated carbocycles. The fraction of sp³-hybridized carbons (Fsp3) is 0.167. The number of aryl methyl sites for hydroxylation is 1. The van der Waals surface area contributed by atoms with Crippen LogP contribution < -0.4 is 16.0 Å². The molecule has 0 aliphatic carbocycles. The first-order valence-electron chi connectivity index (χ1n) is 9.91. The van der Waals surface area contributed by atoms with Gasteiger partial charge in [0.1, 0.15) is 0 Å². The summed E-state index contributed by atoms with van der Waals surface area (Å²) < 4.78 is 0. The molecule has 3 N–H and O–H groups in total.